The number of methoxy groups -OCH3 is 3. The second-order valence-electron chi connectivity index (χ2n) is 9.86. The Morgan fingerprint density at radius 3 is 2.58 bits per heavy atom. The molecule has 3 atom stereocenters. The Hall–Kier alpha value is -3.25. The van der Waals surface area contributed by atoms with Crippen molar-refractivity contribution in [2.45, 2.75) is 38.8 Å². The number of benzene rings is 2. The number of nitrogens with zero attached hydrogens (tertiary/aromatic N) is 2. The largest absolute Gasteiger partial charge is 0.504 e. The van der Waals surface area contributed by atoms with Crippen LogP contribution in [-0.4, -0.2) is 49.9 Å². The zero-order valence-electron chi connectivity index (χ0n) is 21.7. The third-order valence-electron chi connectivity index (χ3n) is 8.11. The normalized spacial score (nSPS) is 22.1. The standard InChI is InChI=1S/C30H36N2O4/c1-5-21-18-31-15-14-22-28-25(12-9-13-27(28)35-3)32(17-20-10-7-6-8-11-20)29(22)26(31)16-23(21)24(19-34-2)30(33)36-4/h6-13,19,21,23,26H,5,14-18H2,1-4H3/b24-19+/t21-,23+,26+/m1/s1. The van der Waals surface area contributed by atoms with Gasteiger partial charge in [-0.2, -0.15) is 0 Å². The van der Waals surface area contributed by atoms with Gasteiger partial charge in [0.1, 0.15) is 5.75 Å². The third-order valence-corrected chi connectivity index (χ3v) is 8.11. The van der Waals surface area contributed by atoms with Crippen LogP contribution in [0.3, 0.4) is 0 Å². The second-order valence-corrected chi connectivity index (χ2v) is 9.86. The van der Waals surface area contributed by atoms with Crippen molar-refractivity contribution >= 4 is 16.9 Å². The second kappa shape index (κ2) is 10.4. The maximum absolute atomic E-state index is 12.8. The van der Waals surface area contributed by atoms with Crippen molar-refractivity contribution in [3.63, 3.8) is 0 Å². The molecule has 0 bridgehead atoms. The van der Waals surface area contributed by atoms with Crippen molar-refractivity contribution in [1.82, 2.24) is 9.47 Å². The Balaban J connectivity index is 1.66. The molecule has 6 nitrogen and oxygen atoms in total. The van der Waals surface area contributed by atoms with E-state index in [1.54, 1.807) is 20.5 Å². The molecule has 2 aromatic carbocycles. The summed E-state index contributed by atoms with van der Waals surface area (Å²) in [6, 6.07) is 17.2. The number of esters is 1. The van der Waals surface area contributed by atoms with E-state index in [1.165, 1.54) is 34.8 Å². The van der Waals surface area contributed by atoms with Crippen LogP contribution in [0.4, 0.5) is 0 Å². The fourth-order valence-electron chi connectivity index (χ4n) is 6.46. The van der Waals surface area contributed by atoms with Crippen molar-refractivity contribution in [3.05, 3.63) is 77.2 Å². The summed E-state index contributed by atoms with van der Waals surface area (Å²) in [6.45, 7) is 4.97. The fourth-order valence-corrected chi connectivity index (χ4v) is 6.46. The molecule has 1 saturated heterocycles. The van der Waals surface area contributed by atoms with Crippen LogP contribution in [0.5, 0.6) is 5.75 Å². The molecule has 2 aliphatic heterocycles. The molecular weight excluding hydrogens is 452 g/mol. The number of piperidine rings is 1. The van der Waals surface area contributed by atoms with Crippen LogP contribution in [-0.2, 0) is 27.2 Å². The Bertz CT molecular complexity index is 1260. The molecule has 6 heteroatoms. The molecule has 0 spiro atoms. The highest BCUT2D eigenvalue weighted by atomic mass is 16.5. The highest BCUT2D eigenvalue weighted by Gasteiger charge is 2.43. The van der Waals surface area contributed by atoms with E-state index in [0.29, 0.717) is 11.5 Å². The SMILES string of the molecule is CC[C@@H]1CN2CCc3c(n(Cc4ccccc4)c4cccc(OC)c34)[C@@H]2C[C@@H]1/C(=C\OC)C(=O)OC. The number of ether oxygens (including phenoxy) is 3. The number of hydrogen-bond donors (Lipinski definition) is 0. The Morgan fingerprint density at radius 2 is 1.89 bits per heavy atom. The zero-order valence-corrected chi connectivity index (χ0v) is 21.7. The van der Waals surface area contributed by atoms with Gasteiger partial charge in [0.05, 0.1) is 44.7 Å². The summed E-state index contributed by atoms with van der Waals surface area (Å²) in [4.78, 5) is 15.4. The third kappa shape index (κ3) is 4.17. The molecule has 5 rings (SSSR count). The van der Waals surface area contributed by atoms with Crippen molar-refractivity contribution in [2.75, 3.05) is 34.4 Å². The van der Waals surface area contributed by atoms with E-state index < -0.39 is 0 Å². The van der Waals surface area contributed by atoms with Gasteiger partial charge in [-0.1, -0.05) is 49.7 Å². The quantitative estimate of drug-likeness (QED) is 0.255. The van der Waals surface area contributed by atoms with Gasteiger partial charge in [-0.25, -0.2) is 4.79 Å². The van der Waals surface area contributed by atoms with E-state index in [9.17, 15) is 4.79 Å². The molecular formula is C30H36N2O4. The average molecular weight is 489 g/mol. The Labute approximate surface area is 213 Å². The van der Waals surface area contributed by atoms with E-state index >= 15 is 0 Å². The fraction of sp³-hybridized carbons (Fsp3) is 0.433. The molecule has 3 heterocycles. The van der Waals surface area contributed by atoms with E-state index in [0.717, 1.165) is 44.6 Å². The molecule has 36 heavy (non-hydrogen) atoms. The van der Waals surface area contributed by atoms with Crippen molar-refractivity contribution in [2.24, 2.45) is 11.8 Å². The summed E-state index contributed by atoms with van der Waals surface area (Å²) in [5.41, 5.74) is 5.85. The summed E-state index contributed by atoms with van der Waals surface area (Å²) >= 11 is 0. The van der Waals surface area contributed by atoms with Crippen molar-refractivity contribution in [1.29, 1.82) is 0 Å². The minimum absolute atomic E-state index is 0.0692. The highest BCUT2D eigenvalue weighted by molar-refractivity contribution is 5.92. The smallest absolute Gasteiger partial charge is 0.337 e. The van der Waals surface area contributed by atoms with E-state index in [1.807, 2.05) is 0 Å². The number of carbonyl (C=O) groups excluding carboxylic acids is 1. The molecule has 0 N–H and O–H groups in total. The minimum Gasteiger partial charge on any atom is -0.504 e. The van der Waals surface area contributed by atoms with Crippen LogP contribution in [0.25, 0.3) is 10.9 Å². The molecule has 2 aliphatic rings. The van der Waals surface area contributed by atoms with Gasteiger partial charge in [0.15, 0.2) is 0 Å². The van der Waals surface area contributed by atoms with E-state index in [-0.39, 0.29) is 17.9 Å². The van der Waals surface area contributed by atoms with Crippen LogP contribution >= 0.6 is 0 Å². The van der Waals surface area contributed by atoms with Gasteiger partial charge in [0, 0.05) is 30.7 Å². The van der Waals surface area contributed by atoms with Crippen LogP contribution in [0.1, 0.15) is 42.6 Å². The molecule has 1 aromatic heterocycles. The molecule has 3 aromatic rings. The number of rotatable bonds is 7. The first kappa shape index (κ1) is 24.4. The van der Waals surface area contributed by atoms with Crippen LogP contribution < -0.4 is 4.74 Å². The summed E-state index contributed by atoms with van der Waals surface area (Å²) in [7, 11) is 4.80. The number of aromatic nitrogens is 1. The van der Waals surface area contributed by atoms with Gasteiger partial charge in [0.25, 0.3) is 0 Å². The van der Waals surface area contributed by atoms with Crippen LogP contribution in [0.2, 0.25) is 0 Å². The number of hydrogen-bond acceptors (Lipinski definition) is 5. The first-order chi connectivity index (χ1) is 17.6. The van der Waals surface area contributed by atoms with Crippen LogP contribution in [0.15, 0.2) is 60.4 Å². The van der Waals surface area contributed by atoms with Crippen LogP contribution in [0, 0.1) is 11.8 Å². The number of carbonyl (C=O) groups is 1. The molecule has 0 saturated carbocycles. The summed E-state index contributed by atoms with van der Waals surface area (Å²) in [6.07, 6.45) is 4.44. The monoisotopic (exact) mass is 488 g/mol. The Morgan fingerprint density at radius 1 is 1.08 bits per heavy atom. The topological polar surface area (TPSA) is 52.9 Å². The molecule has 0 radical (unpaired) electrons. The number of fused-ring (bicyclic) bond motifs is 5. The maximum atomic E-state index is 12.8. The first-order valence-electron chi connectivity index (χ1n) is 12.9. The average Bonchev–Trinajstić information content (AvgIpc) is 3.25. The van der Waals surface area contributed by atoms with Crippen molar-refractivity contribution < 1.29 is 19.0 Å². The lowest BCUT2D eigenvalue weighted by atomic mass is 9.74. The van der Waals surface area contributed by atoms with Gasteiger partial charge < -0.3 is 18.8 Å². The minimum atomic E-state index is -0.295. The predicted molar refractivity (Wildman–Crippen MR) is 141 cm³/mol. The molecule has 0 amide bonds. The van der Waals surface area contributed by atoms with E-state index in [2.05, 4.69) is 64.9 Å². The lowest BCUT2D eigenvalue weighted by Gasteiger charge is -2.47. The summed E-state index contributed by atoms with van der Waals surface area (Å²) < 4.78 is 18.9. The van der Waals surface area contributed by atoms with Gasteiger partial charge in [0.2, 0.25) is 0 Å². The van der Waals surface area contributed by atoms with Gasteiger partial charge in [-0.15, -0.1) is 0 Å². The summed E-state index contributed by atoms with van der Waals surface area (Å²) in [5.74, 6) is 1.07. The van der Waals surface area contributed by atoms with Gasteiger partial charge in [-0.3, -0.25) is 4.90 Å². The molecule has 1 fully saturated rings. The highest BCUT2D eigenvalue weighted by Crippen LogP contribution is 2.48. The van der Waals surface area contributed by atoms with E-state index in [4.69, 9.17) is 14.2 Å². The van der Waals surface area contributed by atoms with Gasteiger partial charge >= 0.3 is 5.97 Å². The molecule has 190 valence electrons. The first-order valence-corrected chi connectivity index (χ1v) is 12.9. The summed E-state index contributed by atoms with van der Waals surface area (Å²) in [5, 5.41) is 1.22. The van der Waals surface area contributed by atoms with Crippen molar-refractivity contribution in [3.8, 4) is 5.75 Å². The lowest BCUT2D eigenvalue weighted by Crippen LogP contribution is -2.47. The molecule has 0 unspecified atom stereocenters. The predicted octanol–water partition coefficient (Wildman–Crippen LogP) is 5.35. The van der Waals surface area contributed by atoms with Gasteiger partial charge in [-0.05, 0) is 47.9 Å². The maximum Gasteiger partial charge on any atom is 0.337 e. The lowest BCUT2D eigenvalue weighted by molar-refractivity contribution is -0.137. The zero-order chi connectivity index (χ0) is 25.2. The Kier molecular flexibility index (Phi) is 7.06. The molecule has 0 aliphatic carbocycles.